The Bertz CT molecular complexity index is 175. The number of rotatable bonds is 0. The van der Waals surface area contributed by atoms with Crippen molar-refractivity contribution in [3.63, 3.8) is 0 Å². The average Bonchev–Trinajstić information content (AvgIpc) is 2.83. The monoisotopic (exact) mass is 191 g/mol. The highest BCUT2D eigenvalue weighted by Gasteiger charge is 1.72. The van der Waals surface area contributed by atoms with Crippen LogP contribution in [0.5, 0.6) is 0 Å². The Kier molecular flexibility index (Phi) is 9.23. The van der Waals surface area contributed by atoms with Gasteiger partial charge < -0.3 is 4.90 Å². The molecule has 14 heavy (non-hydrogen) atoms. The van der Waals surface area contributed by atoms with E-state index in [0.29, 0.717) is 0 Å². The highest BCUT2D eigenvalue weighted by atomic mass is 15.0. The first kappa shape index (κ1) is 12.9. The van der Waals surface area contributed by atoms with E-state index in [1.807, 2.05) is 26.0 Å². The van der Waals surface area contributed by atoms with Gasteiger partial charge in [-0.3, -0.25) is 0 Å². The Labute approximate surface area is 88.1 Å². The normalized spacial score (nSPS) is 15.1. The van der Waals surface area contributed by atoms with Crippen LogP contribution in [0.15, 0.2) is 48.6 Å². The lowest BCUT2D eigenvalue weighted by atomic mass is 10.5. The van der Waals surface area contributed by atoms with E-state index in [-0.39, 0.29) is 0 Å². The lowest BCUT2D eigenvalue weighted by molar-refractivity contribution is 0.505. The average molecular weight is 191 g/mol. The van der Waals surface area contributed by atoms with Gasteiger partial charge in [0.1, 0.15) is 0 Å². The minimum Gasteiger partial charge on any atom is -0.312 e. The molecular weight excluding hydrogens is 170 g/mol. The first-order valence-corrected chi connectivity index (χ1v) is 4.97. The highest BCUT2D eigenvalue weighted by molar-refractivity contribution is 5.12. The second kappa shape index (κ2) is 10.0. The Morgan fingerprint density at radius 3 is 0.929 bits per heavy atom. The molecule has 0 aliphatic heterocycles. The molecule has 0 aromatic carbocycles. The molecule has 1 nitrogen and oxygen atoms in total. The smallest absolute Gasteiger partial charge is 0.0140 e. The predicted octanol–water partition coefficient (Wildman–Crippen LogP) is 3.18. The van der Waals surface area contributed by atoms with Gasteiger partial charge in [0.15, 0.2) is 0 Å². The molecule has 0 bridgehead atoms. The van der Waals surface area contributed by atoms with Gasteiger partial charge in [-0.2, -0.15) is 0 Å². The summed E-state index contributed by atoms with van der Waals surface area (Å²) in [5, 5.41) is 0. The molecule has 0 unspecified atom stereocenters. The largest absolute Gasteiger partial charge is 0.312 e. The molecule has 0 radical (unpaired) electrons. The Balaban J connectivity index is 0.000000183. The first-order valence-electron chi connectivity index (χ1n) is 4.97. The van der Waals surface area contributed by atoms with Crippen molar-refractivity contribution in [2.24, 2.45) is 0 Å². The number of hydrogen-bond acceptors (Lipinski definition) is 1. The van der Waals surface area contributed by atoms with Crippen LogP contribution in [0.1, 0.15) is 12.8 Å². The van der Waals surface area contributed by atoms with Crippen molar-refractivity contribution in [1.82, 2.24) is 4.90 Å². The van der Waals surface area contributed by atoms with Crippen molar-refractivity contribution in [3.05, 3.63) is 48.6 Å². The van der Waals surface area contributed by atoms with Crippen molar-refractivity contribution in [1.29, 1.82) is 0 Å². The summed E-state index contributed by atoms with van der Waals surface area (Å²) in [5.41, 5.74) is 0. The zero-order valence-electron chi connectivity index (χ0n) is 9.48. The maximum Gasteiger partial charge on any atom is -0.0140 e. The summed E-state index contributed by atoms with van der Waals surface area (Å²) in [6.07, 6.45) is 19.0. The molecule has 2 aliphatic carbocycles. The lowest BCUT2D eigenvalue weighted by Gasteiger charge is -1.90. The number of hydrogen-bond donors (Lipinski definition) is 0. The van der Waals surface area contributed by atoms with Crippen molar-refractivity contribution in [2.75, 3.05) is 21.1 Å². The molecule has 0 saturated carbocycles. The molecule has 0 aromatic rings. The lowest BCUT2D eigenvalue weighted by Crippen LogP contribution is -1.99. The van der Waals surface area contributed by atoms with E-state index in [9.17, 15) is 0 Å². The molecule has 0 N–H and O–H groups in total. The van der Waals surface area contributed by atoms with Gasteiger partial charge in [-0.25, -0.2) is 0 Å². The molecule has 1 heteroatoms. The van der Waals surface area contributed by atoms with Crippen LogP contribution in [0.3, 0.4) is 0 Å². The minimum atomic E-state index is 1.14. The summed E-state index contributed by atoms with van der Waals surface area (Å²) in [6.45, 7) is 0. The van der Waals surface area contributed by atoms with Crippen LogP contribution in [0.4, 0.5) is 0 Å². The summed E-state index contributed by atoms with van der Waals surface area (Å²) < 4.78 is 0. The van der Waals surface area contributed by atoms with Gasteiger partial charge in [0.05, 0.1) is 0 Å². The molecule has 0 aromatic heterocycles. The van der Waals surface area contributed by atoms with E-state index < -0.39 is 0 Å². The molecule has 0 atom stereocenters. The first-order chi connectivity index (χ1) is 6.73. The third-order valence-corrected chi connectivity index (χ3v) is 1.31. The second-order valence-electron chi connectivity index (χ2n) is 3.53. The number of allylic oxidation sites excluding steroid dienone is 8. The molecule has 0 fully saturated rings. The quantitative estimate of drug-likeness (QED) is 0.568. The van der Waals surface area contributed by atoms with Gasteiger partial charge >= 0.3 is 0 Å². The SMILES string of the molecule is C1=CCC=C1.C1=CCC=C1.CN(C)C. The van der Waals surface area contributed by atoms with Gasteiger partial charge in [-0.1, -0.05) is 48.6 Å². The fourth-order valence-corrected chi connectivity index (χ4v) is 0.786. The van der Waals surface area contributed by atoms with Gasteiger partial charge in [0, 0.05) is 0 Å². The third-order valence-electron chi connectivity index (χ3n) is 1.31. The fourth-order valence-electron chi connectivity index (χ4n) is 0.786. The molecule has 0 spiro atoms. The Morgan fingerprint density at radius 2 is 0.857 bits per heavy atom. The Hall–Kier alpha value is -1.08. The fraction of sp³-hybridized carbons (Fsp3) is 0.385. The summed E-state index contributed by atoms with van der Waals surface area (Å²) >= 11 is 0. The van der Waals surface area contributed by atoms with E-state index in [1.54, 1.807) is 0 Å². The van der Waals surface area contributed by atoms with Crippen LogP contribution >= 0.6 is 0 Å². The zero-order valence-corrected chi connectivity index (χ0v) is 9.48. The summed E-state index contributed by atoms with van der Waals surface area (Å²) in [7, 11) is 6.00. The molecule has 2 rings (SSSR count). The maximum absolute atomic E-state index is 2.12. The van der Waals surface area contributed by atoms with E-state index in [1.165, 1.54) is 0 Å². The molecule has 2 aliphatic rings. The standard InChI is InChI=1S/2C5H6.C3H9N/c2*1-2-4-5-3-1;1-4(2)3/h2*1-4H,5H2;1-3H3. The maximum atomic E-state index is 2.12. The molecular formula is C13H21N. The molecule has 0 amide bonds. The van der Waals surface area contributed by atoms with E-state index >= 15 is 0 Å². The number of nitrogens with zero attached hydrogens (tertiary/aromatic N) is 1. The molecule has 78 valence electrons. The van der Waals surface area contributed by atoms with Crippen molar-refractivity contribution < 1.29 is 0 Å². The van der Waals surface area contributed by atoms with Crippen LogP contribution in [-0.4, -0.2) is 26.0 Å². The van der Waals surface area contributed by atoms with Crippen LogP contribution < -0.4 is 0 Å². The van der Waals surface area contributed by atoms with Crippen molar-refractivity contribution in [3.8, 4) is 0 Å². The topological polar surface area (TPSA) is 3.24 Å². The van der Waals surface area contributed by atoms with E-state index in [2.05, 4.69) is 48.6 Å². The third kappa shape index (κ3) is 13.5. The van der Waals surface area contributed by atoms with E-state index in [4.69, 9.17) is 0 Å². The van der Waals surface area contributed by atoms with Crippen molar-refractivity contribution in [2.45, 2.75) is 12.8 Å². The van der Waals surface area contributed by atoms with Crippen LogP contribution in [0, 0.1) is 0 Å². The van der Waals surface area contributed by atoms with Crippen LogP contribution in [0.25, 0.3) is 0 Å². The van der Waals surface area contributed by atoms with E-state index in [0.717, 1.165) is 12.8 Å². The van der Waals surface area contributed by atoms with Gasteiger partial charge in [-0.05, 0) is 34.0 Å². The van der Waals surface area contributed by atoms with Gasteiger partial charge in [-0.15, -0.1) is 0 Å². The second-order valence-corrected chi connectivity index (χ2v) is 3.53. The molecule has 0 heterocycles. The van der Waals surface area contributed by atoms with Crippen LogP contribution in [-0.2, 0) is 0 Å². The van der Waals surface area contributed by atoms with Gasteiger partial charge in [0.25, 0.3) is 0 Å². The van der Waals surface area contributed by atoms with Crippen molar-refractivity contribution >= 4 is 0 Å². The molecule has 0 saturated heterocycles. The Morgan fingerprint density at radius 1 is 0.643 bits per heavy atom. The van der Waals surface area contributed by atoms with Gasteiger partial charge in [0.2, 0.25) is 0 Å². The minimum absolute atomic E-state index is 1.14. The summed E-state index contributed by atoms with van der Waals surface area (Å²) in [6, 6.07) is 0. The summed E-state index contributed by atoms with van der Waals surface area (Å²) in [5.74, 6) is 0. The predicted molar refractivity (Wildman–Crippen MR) is 65.4 cm³/mol. The highest BCUT2D eigenvalue weighted by Crippen LogP contribution is 1.93. The van der Waals surface area contributed by atoms with Crippen LogP contribution in [0.2, 0.25) is 0 Å². The summed E-state index contributed by atoms with van der Waals surface area (Å²) in [4.78, 5) is 2.00. The zero-order chi connectivity index (χ0) is 10.6.